The van der Waals surface area contributed by atoms with Crippen LogP contribution in [-0.2, 0) is 26.2 Å². The van der Waals surface area contributed by atoms with Crippen molar-refractivity contribution < 1.29 is 27.1 Å². The minimum atomic E-state index is -4.33. The van der Waals surface area contributed by atoms with Crippen LogP contribution in [0.5, 0.6) is 0 Å². The zero-order valence-corrected chi connectivity index (χ0v) is 21.1. The van der Waals surface area contributed by atoms with Gasteiger partial charge >= 0.3 is 11.6 Å². The van der Waals surface area contributed by atoms with Gasteiger partial charge in [-0.1, -0.05) is 39.4 Å². The summed E-state index contributed by atoms with van der Waals surface area (Å²) in [7, 11) is -4.33. The number of fused-ring (bicyclic) bond motifs is 3. The minimum absolute atomic E-state index is 0.0851. The largest absolute Gasteiger partial charge is 0.744 e. The highest BCUT2D eigenvalue weighted by Gasteiger charge is 2.23. The van der Waals surface area contributed by atoms with Gasteiger partial charge in [0.15, 0.2) is 12.1 Å². The Bertz CT molecular complexity index is 1470. The Morgan fingerprint density at radius 1 is 1.03 bits per heavy atom. The maximum atomic E-state index is 11.9. The summed E-state index contributed by atoms with van der Waals surface area (Å²) in [6.45, 7) is 11.5. The molecule has 0 radical (unpaired) electrons. The molecule has 0 N–H and O–H groups in total. The topological polar surface area (TPSA) is 105 Å². The smallest absolute Gasteiger partial charge is 0.348 e. The number of rotatable bonds is 4. The quantitative estimate of drug-likeness (QED) is 0.250. The molecule has 0 aliphatic rings. The van der Waals surface area contributed by atoms with E-state index in [0.717, 1.165) is 33.5 Å². The molecule has 8 nitrogen and oxygen atoms in total. The third-order valence-corrected chi connectivity index (χ3v) is 6.65. The molecule has 0 unspecified atom stereocenters. The van der Waals surface area contributed by atoms with Gasteiger partial charge in [0.2, 0.25) is 5.52 Å². The lowest BCUT2D eigenvalue weighted by Gasteiger charge is -2.14. The number of para-hydroxylation sites is 2. The highest BCUT2D eigenvalue weighted by molar-refractivity contribution is 7.85. The molecule has 34 heavy (non-hydrogen) atoms. The molecule has 0 fully saturated rings. The Morgan fingerprint density at radius 3 is 2.24 bits per heavy atom. The Morgan fingerprint density at radius 2 is 1.65 bits per heavy atom. The van der Waals surface area contributed by atoms with E-state index in [-0.39, 0.29) is 17.4 Å². The summed E-state index contributed by atoms with van der Waals surface area (Å²) < 4.78 is 41.4. The SMILES string of the molecule is CCOC(=O)C[n+]1c2ccccc2n2nc(C)c(C)cc21.Cc1cc(C)c(S(=O)(=O)[O-])c(C)c1. The van der Waals surface area contributed by atoms with Crippen LogP contribution in [0.2, 0.25) is 0 Å². The normalized spacial score (nSPS) is 11.4. The Labute approximate surface area is 199 Å². The highest BCUT2D eigenvalue weighted by atomic mass is 32.2. The Hall–Kier alpha value is -3.30. The number of ether oxygens (including phenoxy) is 1. The van der Waals surface area contributed by atoms with Gasteiger partial charge in [-0.25, -0.2) is 17.8 Å². The van der Waals surface area contributed by atoms with Crippen LogP contribution >= 0.6 is 0 Å². The molecule has 2 heterocycles. The fraction of sp³-hybridized carbons (Fsp3) is 0.320. The van der Waals surface area contributed by atoms with Crippen LogP contribution in [0.3, 0.4) is 0 Å². The number of carbonyl (C=O) groups is 1. The van der Waals surface area contributed by atoms with Crippen LogP contribution in [0, 0.1) is 34.6 Å². The molecule has 0 atom stereocenters. The summed E-state index contributed by atoms with van der Waals surface area (Å²) in [5.41, 5.74) is 6.94. The Balaban J connectivity index is 0.000000215. The van der Waals surface area contributed by atoms with Crippen LogP contribution in [0.15, 0.2) is 47.4 Å². The molecule has 0 aliphatic heterocycles. The highest BCUT2D eigenvalue weighted by Crippen LogP contribution is 2.21. The zero-order valence-electron chi connectivity index (χ0n) is 20.2. The van der Waals surface area contributed by atoms with Crippen molar-refractivity contribution in [3.63, 3.8) is 0 Å². The van der Waals surface area contributed by atoms with Gasteiger partial charge in [-0.15, -0.1) is 0 Å². The molecule has 0 spiro atoms. The van der Waals surface area contributed by atoms with Crippen molar-refractivity contribution in [1.29, 1.82) is 0 Å². The van der Waals surface area contributed by atoms with Gasteiger partial charge in [0.1, 0.15) is 10.1 Å². The molecule has 0 bridgehead atoms. The third-order valence-electron chi connectivity index (χ3n) is 5.51. The number of esters is 1. The van der Waals surface area contributed by atoms with E-state index in [0.29, 0.717) is 17.7 Å². The second-order valence-corrected chi connectivity index (χ2v) is 9.56. The van der Waals surface area contributed by atoms with Gasteiger partial charge in [-0.05, 0) is 70.4 Å². The van der Waals surface area contributed by atoms with Gasteiger partial charge in [0, 0.05) is 6.07 Å². The number of hydrogen-bond acceptors (Lipinski definition) is 6. The molecule has 4 rings (SSSR count). The van der Waals surface area contributed by atoms with Crippen molar-refractivity contribution in [2.75, 3.05) is 6.61 Å². The second kappa shape index (κ2) is 9.90. The summed E-state index contributed by atoms with van der Waals surface area (Å²) in [6, 6.07) is 13.4. The van der Waals surface area contributed by atoms with Gasteiger partial charge in [0.25, 0.3) is 0 Å². The van der Waals surface area contributed by atoms with Crippen LogP contribution in [0.4, 0.5) is 0 Å². The molecule has 2 aromatic heterocycles. The van der Waals surface area contributed by atoms with Crippen molar-refractivity contribution in [3.05, 3.63) is 70.4 Å². The third kappa shape index (κ3) is 5.26. The maximum absolute atomic E-state index is 11.9. The molecule has 0 saturated heterocycles. The summed E-state index contributed by atoms with van der Waals surface area (Å²) in [4.78, 5) is 11.8. The number of carbonyl (C=O) groups excluding carboxylic acids is 1. The molecular weight excluding hydrogens is 454 g/mol. The summed E-state index contributed by atoms with van der Waals surface area (Å²) >= 11 is 0. The zero-order chi connectivity index (χ0) is 25.2. The van der Waals surface area contributed by atoms with E-state index in [1.54, 1.807) is 26.0 Å². The lowest BCUT2D eigenvalue weighted by atomic mass is 10.1. The molecule has 4 aromatic rings. The van der Waals surface area contributed by atoms with E-state index < -0.39 is 10.1 Å². The predicted octanol–water partition coefficient (Wildman–Crippen LogP) is 3.47. The van der Waals surface area contributed by atoms with Crippen molar-refractivity contribution in [2.24, 2.45) is 0 Å². The number of imidazole rings is 1. The van der Waals surface area contributed by atoms with Crippen LogP contribution in [0.25, 0.3) is 16.7 Å². The van der Waals surface area contributed by atoms with Gasteiger partial charge in [0.05, 0.1) is 17.2 Å². The first-order valence-corrected chi connectivity index (χ1v) is 12.3. The standard InChI is InChI=1S/C16H18N3O2.C9H12O3S/c1-4-21-16(20)10-18-13-7-5-6-8-14(13)19-15(18)9-11(2)12(3)17-19;1-6-4-7(2)9(8(3)5-6)13(10,11)12/h5-9H,4,10H2,1-3H3;4-5H,1-3H3,(H,10,11,12)/q+1;/p-1. The van der Waals surface area contributed by atoms with E-state index in [2.05, 4.69) is 11.2 Å². The van der Waals surface area contributed by atoms with Crippen LogP contribution < -0.4 is 4.57 Å². The molecule has 2 aromatic carbocycles. The van der Waals surface area contributed by atoms with E-state index in [1.807, 2.05) is 61.0 Å². The average Bonchev–Trinajstić information content (AvgIpc) is 3.00. The molecule has 0 saturated carbocycles. The summed E-state index contributed by atoms with van der Waals surface area (Å²) in [5.74, 6) is -0.237. The number of hydrogen-bond donors (Lipinski definition) is 0. The van der Waals surface area contributed by atoms with Gasteiger partial charge in [-0.3, -0.25) is 0 Å². The van der Waals surface area contributed by atoms with E-state index in [4.69, 9.17) is 4.74 Å². The van der Waals surface area contributed by atoms with Crippen molar-refractivity contribution in [2.45, 2.75) is 53.0 Å². The van der Waals surface area contributed by atoms with Crippen molar-refractivity contribution in [1.82, 2.24) is 9.61 Å². The van der Waals surface area contributed by atoms with E-state index in [9.17, 15) is 17.8 Å². The van der Waals surface area contributed by atoms with Crippen molar-refractivity contribution >= 4 is 32.8 Å². The number of benzene rings is 2. The monoisotopic (exact) mass is 483 g/mol. The summed E-state index contributed by atoms with van der Waals surface area (Å²) in [6.07, 6.45) is 0. The van der Waals surface area contributed by atoms with E-state index >= 15 is 0 Å². The van der Waals surface area contributed by atoms with Crippen LogP contribution in [-0.4, -0.2) is 35.2 Å². The van der Waals surface area contributed by atoms with Gasteiger partial charge in [-0.2, -0.15) is 0 Å². The average molecular weight is 484 g/mol. The van der Waals surface area contributed by atoms with E-state index in [1.165, 1.54) is 0 Å². The maximum Gasteiger partial charge on any atom is 0.348 e. The van der Waals surface area contributed by atoms with Crippen molar-refractivity contribution in [3.8, 4) is 0 Å². The lowest BCUT2D eigenvalue weighted by Crippen LogP contribution is -2.38. The molecule has 9 heteroatoms. The predicted molar refractivity (Wildman–Crippen MR) is 128 cm³/mol. The second-order valence-electron chi connectivity index (χ2n) is 8.24. The Kier molecular flexibility index (Phi) is 7.38. The first-order valence-electron chi connectivity index (χ1n) is 10.9. The number of aromatic nitrogens is 3. The molecule has 0 amide bonds. The number of aryl methyl sites for hydroxylation is 5. The molecular formula is C25H29N3O5S. The molecule has 180 valence electrons. The van der Waals surface area contributed by atoms with Crippen LogP contribution in [0.1, 0.15) is 34.9 Å². The first kappa shape index (κ1) is 25.3. The first-order chi connectivity index (χ1) is 15.9. The molecule has 0 aliphatic carbocycles. The van der Waals surface area contributed by atoms with Gasteiger partial charge < -0.3 is 9.29 Å². The lowest BCUT2D eigenvalue weighted by molar-refractivity contribution is -0.634. The fourth-order valence-electron chi connectivity index (χ4n) is 4.07. The minimum Gasteiger partial charge on any atom is -0.744 e. The number of nitrogens with zero attached hydrogens (tertiary/aromatic N) is 3. The fourth-order valence-corrected chi connectivity index (χ4v) is 4.97. The summed E-state index contributed by atoms with van der Waals surface area (Å²) in [5, 5.41) is 4.62.